The highest BCUT2D eigenvalue weighted by atomic mass is 16.5. The number of benzene rings is 1. The average molecular weight is 266 g/mol. The molecule has 1 rings (SSSR count). The molecule has 0 fully saturated rings. The van der Waals surface area contributed by atoms with Crippen molar-refractivity contribution in [3.8, 4) is 11.5 Å². The summed E-state index contributed by atoms with van der Waals surface area (Å²) in [5, 5.41) is 0. The molecule has 0 aromatic heterocycles. The fourth-order valence-corrected chi connectivity index (χ4v) is 2.08. The van der Waals surface area contributed by atoms with Crippen LogP contribution < -0.4 is 20.1 Å². The van der Waals surface area contributed by atoms with E-state index >= 15 is 0 Å². The van der Waals surface area contributed by atoms with Gasteiger partial charge in [0.2, 0.25) is 0 Å². The van der Waals surface area contributed by atoms with Crippen molar-refractivity contribution in [2.75, 3.05) is 39.3 Å². The highest BCUT2D eigenvalue weighted by Crippen LogP contribution is 2.31. The van der Waals surface area contributed by atoms with Crippen LogP contribution in [0.1, 0.15) is 13.8 Å². The van der Waals surface area contributed by atoms with Crippen molar-refractivity contribution in [3.05, 3.63) is 18.2 Å². The van der Waals surface area contributed by atoms with Crippen LogP contribution in [0, 0.1) is 11.8 Å². The van der Waals surface area contributed by atoms with Crippen molar-refractivity contribution in [3.63, 3.8) is 0 Å². The predicted octanol–water partition coefficient (Wildman–Crippen LogP) is 2.37. The second kappa shape index (κ2) is 7.24. The largest absolute Gasteiger partial charge is 0.493 e. The third-order valence-electron chi connectivity index (χ3n) is 3.56. The van der Waals surface area contributed by atoms with Crippen molar-refractivity contribution < 1.29 is 9.47 Å². The summed E-state index contributed by atoms with van der Waals surface area (Å²) >= 11 is 0. The van der Waals surface area contributed by atoms with Crippen LogP contribution in [0.5, 0.6) is 11.5 Å². The van der Waals surface area contributed by atoms with Crippen LogP contribution in [0.2, 0.25) is 0 Å². The number of nitrogens with zero attached hydrogens (tertiary/aromatic N) is 1. The minimum Gasteiger partial charge on any atom is -0.493 e. The molecule has 19 heavy (non-hydrogen) atoms. The minimum absolute atomic E-state index is 0.484. The van der Waals surface area contributed by atoms with E-state index in [0.717, 1.165) is 23.7 Å². The Balaban J connectivity index is 2.84. The summed E-state index contributed by atoms with van der Waals surface area (Å²) < 4.78 is 10.6. The molecule has 2 N–H and O–H groups in total. The van der Waals surface area contributed by atoms with Crippen molar-refractivity contribution in [1.29, 1.82) is 0 Å². The zero-order chi connectivity index (χ0) is 14.4. The molecular weight excluding hydrogens is 240 g/mol. The van der Waals surface area contributed by atoms with Gasteiger partial charge in [0, 0.05) is 25.3 Å². The van der Waals surface area contributed by atoms with Gasteiger partial charge in [0.05, 0.1) is 14.2 Å². The zero-order valence-corrected chi connectivity index (χ0v) is 12.6. The molecule has 0 saturated heterocycles. The van der Waals surface area contributed by atoms with Crippen LogP contribution in [-0.2, 0) is 0 Å². The van der Waals surface area contributed by atoms with Gasteiger partial charge in [-0.15, -0.1) is 0 Å². The Morgan fingerprint density at radius 2 is 1.79 bits per heavy atom. The standard InChI is InChI=1S/C15H26N2O2/c1-11(2)12(9-16)10-17(3)13-6-7-14(18-4)15(8-13)19-5/h6-8,11-12H,9-10,16H2,1-5H3. The molecule has 0 heterocycles. The molecule has 4 heteroatoms. The third-order valence-corrected chi connectivity index (χ3v) is 3.56. The number of nitrogens with two attached hydrogens (primary N) is 1. The molecule has 108 valence electrons. The Morgan fingerprint density at radius 1 is 1.16 bits per heavy atom. The van der Waals surface area contributed by atoms with E-state index in [4.69, 9.17) is 15.2 Å². The second-order valence-electron chi connectivity index (χ2n) is 5.16. The first-order valence-electron chi connectivity index (χ1n) is 6.66. The van der Waals surface area contributed by atoms with Gasteiger partial charge in [0.1, 0.15) is 0 Å². The molecule has 1 unspecified atom stereocenters. The summed E-state index contributed by atoms with van der Waals surface area (Å²) in [6, 6.07) is 5.96. The maximum Gasteiger partial charge on any atom is 0.162 e. The molecular formula is C15H26N2O2. The van der Waals surface area contributed by atoms with Crippen LogP contribution >= 0.6 is 0 Å². The zero-order valence-electron chi connectivity index (χ0n) is 12.6. The Bertz CT molecular complexity index is 394. The first-order chi connectivity index (χ1) is 9.03. The third kappa shape index (κ3) is 4.03. The van der Waals surface area contributed by atoms with Gasteiger partial charge in [-0.25, -0.2) is 0 Å². The summed E-state index contributed by atoms with van der Waals surface area (Å²) in [4.78, 5) is 2.21. The molecule has 1 atom stereocenters. The lowest BCUT2D eigenvalue weighted by Gasteiger charge is -2.27. The lowest BCUT2D eigenvalue weighted by atomic mass is 9.95. The monoisotopic (exact) mass is 266 g/mol. The lowest BCUT2D eigenvalue weighted by Crippen LogP contribution is -2.33. The molecule has 0 aliphatic carbocycles. The Kier molecular flexibility index (Phi) is 5.96. The van der Waals surface area contributed by atoms with Gasteiger partial charge in [-0.1, -0.05) is 13.8 Å². The van der Waals surface area contributed by atoms with Crippen LogP contribution in [0.25, 0.3) is 0 Å². The van der Waals surface area contributed by atoms with Gasteiger partial charge >= 0.3 is 0 Å². The van der Waals surface area contributed by atoms with Gasteiger partial charge < -0.3 is 20.1 Å². The first-order valence-corrected chi connectivity index (χ1v) is 6.66. The number of hydrogen-bond donors (Lipinski definition) is 1. The predicted molar refractivity (Wildman–Crippen MR) is 80.2 cm³/mol. The Morgan fingerprint density at radius 3 is 2.26 bits per heavy atom. The number of rotatable bonds is 7. The molecule has 0 aliphatic rings. The Hall–Kier alpha value is -1.42. The maximum atomic E-state index is 5.83. The van der Waals surface area contributed by atoms with E-state index < -0.39 is 0 Å². The normalized spacial score (nSPS) is 12.4. The second-order valence-corrected chi connectivity index (χ2v) is 5.16. The van der Waals surface area contributed by atoms with E-state index in [1.165, 1.54) is 0 Å². The van der Waals surface area contributed by atoms with E-state index in [2.05, 4.69) is 25.8 Å². The molecule has 0 saturated carbocycles. The number of anilines is 1. The molecule has 1 aromatic carbocycles. The molecule has 0 radical (unpaired) electrons. The molecule has 0 bridgehead atoms. The van der Waals surface area contributed by atoms with Crippen molar-refractivity contribution >= 4 is 5.69 Å². The van der Waals surface area contributed by atoms with Crippen molar-refractivity contribution in [1.82, 2.24) is 0 Å². The molecule has 0 spiro atoms. The first kappa shape index (κ1) is 15.6. The van der Waals surface area contributed by atoms with E-state index in [1.807, 2.05) is 18.2 Å². The number of hydrogen-bond acceptors (Lipinski definition) is 4. The topological polar surface area (TPSA) is 47.7 Å². The maximum absolute atomic E-state index is 5.83. The molecule has 1 aromatic rings. The average Bonchev–Trinajstić information content (AvgIpc) is 2.43. The van der Waals surface area contributed by atoms with Gasteiger partial charge in [-0.3, -0.25) is 0 Å². The fraction of sp³-hybridized carbons (Fsp3) is 0.600. The number of ether oxygens (including phenoxy) is 2. The van der Waals surface area contributed by atoms with E-state index in [9.17, 15) is 0 Å². The Labute approximate surface area is 116 Å². The highest BCUT2D eigenvalue weighted by Gasteiger charge is 2.15. The summed E-state index contributed by atoms with van der Waals surface area (Å²) in [6.45, 7) is 6.05. The van der Waals surface area contributed by atoms with Gasteiger partial charge in [-0.2, -0.15) is 0 Å². The van der Waals surface area contributed by atoms with Crippen LogP contribution in [-0.4, -0.2) is 34.4 Å². The summed E-state index contributed by atoms with van der Waals surface area (Å²) in [5.74, 6) is 2.56. The van der Waals surface area contributed by atoms with Crippen molar-refractivity contribution in [2.45, 2.75) is 13.8 Å². The number of methoxy groups -OCH3 is 2. The highest BCUT2D eigenvalue weighted by molar-refractivity contribution is 5.56. The van der Waals surface area contributed by atoms with E-state index in [-0.39, 0.29) is 0 Å². The minimum atomic E-state index is 0.484. The fourth-order valence-electron chi connectivity index (χ4n) is 2.08. The molecule has 0 amide bonds. The quantitative estimate of drug-likeness (QED) is 0.823. The van der Waals surface area contributed by atoms with Crippen LogP contribution in [0.3, 0.4) is 0 Å². The summed E-state index contributed by atoms with van der Waals surface area (Å²) in [5.41, 5.74) is 6.94. The van der Waals surface area contributed by atoms with Crippen molar-refractivity contribution in [2.24, 2.45) is 17.6 Å². The van der Waals surface area contributed by atoms with Crippen LogP contribution in [0.15, 0.2) is 18.2 Å². The summed E-state index contributed by atoms with van der Waals surface area (Å²) in [6.07, 6.45) is 0. The van der Waals surface area contributed by atoms with Gasteiger partial charge in [0.15, 0.2) is 11.5 Å². The molecule has 4 nitrogen and oxygen atoms in total. The van der Waals surface area contributed by atoms with Crippen LogP contribution in [0.4, 0.5) is 5.69 Å². The van der Waals surface area contributed by atoms with Gasteiger partial charge in [-0.05, 0) is 30.5 Å². The van der Waals surface area contributed by atoms with E-state index in [1.54, 1.807) is 14.2 Å². The van der Waals surface area contributed by atoms with Gasteiger partial charge in [0.25, 0.3) is 0 Å². The SMILES string of the molecule is COc1ccc(N(C)CC(CN)C(C)C)cc1OC. The smallest absolute Gasteiger partial charge is 0.162 e. The molecule has 0 aliphatic heterocycles. The summed E-state index contributed by atoms with van der Waals surface area (Å²) in [7, 11) is 5.37. The lowest BCUT2D eigenvalue weighted by molar-refractivity contribution is 0.354. The van der Waals surface area contributed by atoms with E-state index in [0.29, 0.717) is 18.4 Å².